The number of alkyl halides is 3. The number of hydrogen-bond acceptors (Lipinski definition) is 3. The highest BCUT2D eigenvalue weighted by molar-refractivity contribution is 7.99. The van der Waals surface area contributed by atoms with Gasteiger partial charge in [-0.05, 0) is 49.4 Å². The molecule has 2 aromatic rings. The fraction of sp³-hybridized carbons (Fsp3) is 0.350. The van der Waals surface area contributed by atoms with Gasteiger partial charge in [0.25, 0.3) is 0 Å². The van der Waals surface area contributed by atoms with Crippen molar-refractivity contribution in [3.05, 3.63) is 65.7 Å². The van der Waals surface area contributed by atoms with Crippen LogP contribution in [0.4, 0.5) is 23.7 Å². The van der Waals surface area contributed by atoms with Crippen molar-refractivity contribution >= 4 is 23.5 Å². The molecule has 2 unspecified atom stereocenters. The van der Waals surface area contributed by atoms with E-state index in [4.69, 9.17) is 5.11 Å². The highest BCUT2D eigenvalue weighted by Crippen LogP contribution is 2.31. The molecule has 0 heterocycles. The zero-order chi connectivity index (χ0) is 20.7. The first-order valence-corrected chi connectivity index (χ1v) is 9.99. The van der Waals surface area contributed by atoms with E-state index in [1.165, 1.54) is 17.8 Å². The van der Waals surface area contributed by atoms with Gasteiger partial charge in [-0.2, -0.15) is 13.2 Å². The van der Waals surface area contributed by atoms with Gasteiger partial charge in [-0.3, -0.25) is 0 Å². The van der Waals surface area contributed by atoms with Crippen LogP contribution in [0.15, 0.2) is 54.6 Å². The maximum atomic E-state index is 13.1. The molecule has 1 amide bonds. The predicted octanol–water partition coefficient (Wildman–Crippen LogP) is 5.45. The summed E-state index contributed by atoms with van der Waals surface area (Å²) in [5.41, 5.74) is 0.720. The van der Waals surface area contributed by atoms with E-state index < -0.39 is 17.8 Å². The van der Waals surface area contributed by atoms with Gasteiger partial charge in [-0.25, -0.2) is 4.79 Å². The molecule has 8 heteroatoms. The molecule has 0 saturated carbocycles. The van der Waals surface area contributed by atoms with Crippen LogP contribution in [0.5, 0.6) is 0 Å². The molecule has 0 spiro atoms. The van der Waals surface area contributed by atoms with Crippen LogP contribution in [0.25, 0.3) is 0 Å². The van der Waals surface area contributed by atoms with E-state index in [2.05, 4.69) is 5.32 Å². The third-order valence-electron chi connectivity index (χ3n) is 4.24. The van der Waals surface area contributed by atoms with Crippen molar-refractivity contribution in [1.29, 1.82) is 0 Å². The van der Waals surface area contributed by atoms with Gasteiger partial charge in [0.05, 0.1) is 10.9 Å². The maximum Gasteiger partial charge on any atom is 0.416 e. The molecule has 2 rings (SSSR count). The second-order valence-corrected chi connectivity index (χ2v) is 7.45. The number of halogens is 3. The number of rotatable bonds is 8. The van der Waals surface area contributed by atoms with E-state index in [1.807, 2.05) is 41.5 Å². The minimum Gasteiger partial charge on any atom is -0.465 e. The Morgan fingerprint density at radius 1 is 1.18 bits per heavy atom. The first-order valence-electron chi connectivity index (χ1n) is 8.70. The number of anilines is 1. The Hall–Kier alpha value is -2.35. The minimum absolute atomic E-state index is 0.126. The number of carbonyl (C=O) groups is 1. The average molecular weight is 412 g/mol. The third kappa shape index (κ3) is 6.37. The highest BCUT2D eigenvalue weighted by Gasteiger charge is 2.30. The number of nitrogens with one attached hydrogen (secondary N) is 1. The quantitative estimate of drug-likeness (QED) is 0.567. The van der Waals surface area contributed by atoms with Gasteiger partial charge in [0.15, 0.2) is 0 Å². The van der Waals surface area contributed by atoms with E-state index in [1.54, 1.807) is 13.0 Å². The maximum absolute atomic E-state index is 13.1. The van der Waals surface area contributed by atoms with Crippen molar-refractivity contribution in [2.75, 3.05) is 11.2 Å². The van der Waals surface area contributed by atoms with Crippen molar-refractivity contribution in [3.63, 3.8) is 0 Å². The van der Waals surface area contributed by atoms with Crippen molar-refractivity contribution < 1.29 is 23.1 Å². The molecule has 0 aromatic heterocycles. The molecular weight excluding hydrogens is 389 g/mol. The normalized spacial score (nSPS) is 13.6. The Kier molecular flexibility index (Phi) is 7.62. The zero-order valence-electron chi connectivity index (χ0n) is 15.6. The molecule has 0 bridgehead atoms. The van der Waals surface area contributed by atoms with Gasteiger partial charge < -0.3 is 15.3 Å². The van der Waals surface area contributed by atoms with Crippen LogP contribution >= 0.6 is 11.8 Å². The fourth-order valence-corrected chi connectivity index (χ4v) is 3.88. The number of benzene rings is 2. The molecule has 2 N–H and O–H groups in total. The summed E-state index contributed by atoms with van der Waals surface area (Å²) in [6.45, 7) is 2.05. The standard InChI is InChI=1S/C20H23F3N2O2S/c1-14(24-19(26)27)11-18(28-2)25(17-9-4-3-5-10-17)13-15-7-6-8-16(12-15)20(21,22)23/h3-10,12,14,18,24H,11,13H2,1-2H3,(H,26,27). The lowest BCUT2D eigenvalue weighted by atomic mass is 10.1. The van der Waals surface area contributed by atoms with Crippen LogP contribution in [0, 0.1) is 0 Å². The Labute approximate surface area is 166 Å². The monoisotopic (exact) mass is 412 g/mol. The van der Waals surface area contributed by atoms with Crippen molar-refractivity contribution in [2.24, 2.45) is 0 Å². The lowest BCUT2D eigenvalue weighted by Gasteiger charge is -2.34. The summed E-state index contributed by atoms with van der Waals surface area (Å²) in [6, 6.07) is 14.4. The van der Waals surface area contributed by atoms with Crippen LogP contribution in [-0.4, -0.2) is 28.9 Å². The molecule has 4 nitrogen and oxygen atoms in total. The number of para-hydroxylation sites is 1. The van der Waals surface area contributed by atoms with Crippen LogP contribution in [-0.2, 0) is 12.7 Å². The van der Waals surface area contributed by atoms with Crippen molar-refractivity contribution in [1.82, 2.24) is 5.32 Å². The summed E-state index contributed by atoms with van der Waals surface area (Å²) in [5.74, 6) is 0. The van der Waals surface area contributed by atoms with E-state index in [0.29, 0.717) is 12.0 Å². The summed E-state index contributed by atoms with van der Waals surface area (Å²) in [7, 11) is 0. The van der Waals surface area contributed by atoms with Gasteiger partial charge in [-0.1, -0.05) is 30.3 Å². The highest BCUT2D eigenvalue weighted by atomic mass is 32.2. The first-order chi connectivity index (χ1) is 13.2. The Morgan fingerprint density at radius 3 is 2.43 bits per heavy atom. The van der Waals surface area contributed by atoms with Gasteiger partial charge in [0, 0.05) is 18.3 Å². The topological polar surface area (TPSA) is 52.6 Å². The van der Waals surface area contributed by atoms with Crippen molar-refractivity contribution in [2.45, 2.75) is 37.5 Å². The average Bonchev–Trinajstić information content (AvgIpc) is 2.64. The number of nitrogens with zero attached hydrogens (tertiary/aromatic N) is 1. The lowest BCUT2D eigenvalue weighted by molar-refractivity contribution is -0.137. The summed E-state index contributed by atoms with van der Waals surface area (Å²) in [6.07, 6.45) is -3.09. The molecule has 2 atom stereocenters. The van der Waals surface area contributed by atoms with Crippen molar-refractivity contribution in [3.8, 4) is 0 Å². The second-order valence-electron chi connectivity index (χ2n) is 6.44. The smallest absolute Gasteiger partial charge is 0.416 e. The molecule has 0 aliphatic heterocycles. The molecule has 0 fully saturated rings. The van der Waals surface area contributed by atoms with Crippen LogP contribution < -0.4 is 10.2 Å². The van der Waals surface area contributed by atoms with E-state index in [9.17, 15) is 18.0 Å². The van der Waals surface area contributed by atoms with E-state index >= 15 is 0 Å². The molecule has 0 aliphatic rings. The number of carboxylic acid groups (broad SMARTS) is 1. The van der Waals surface area contributed by atoms with E-state index in [0.717, 1.165) is 17.8 Å². The van der Waals surface area contributed by atoms with Gasteiger partial charge in [-0.15, -0.1) is 11.8 Å². The summed E-state index contributed by atoms with van der Waals surface area (Å²) in [4.78, 5) is 12.9. The molecule has 152 valence electrons. The first kappa shape index (κ1) is 21.9. The molecule has 2 aromatic carbocycles. The van der Waals surface area contributed by atoms with Crippen LogP contribution in [0.3, 0.4) is 0 Å². The molecule has 28 heavy (non-hydrogen) atoms. The largest absolute Gasteiger partial charge is 0.465 e. The molecule has 0 aliphatic carbocycles. The lowest BCUT2D eigenvalue weighted by Crippen LogP contribution is -2.40. The number of thioether (sulfide) groups is 1. The second kappa shape index (κ2) is 9.73. The summed E-state index contributed by atoms with van der Waals surface area (Å²) < 4.78 is 39.2. The Balaban J connectivity index is 2.31. The summed E-state index contributed by atoms with van der Waals surface area (Å²) >= 11 is 1.53. The summed E-state index contributed by atoms with van der Waals surface area (Å²) in [5, 5.41) is 11.2. The minimum atomic E-state index is -4.40. The molecule has 0 saturated heterocycles. The third-order valence-corrected chi connectivity index (χ3v) is 5.23. The van der Waals surface area contributed by atoms with Gasteiger partial charge >= 0.3 is 12.3 Å². The molecular formula is C20H23F3N2O2S. The predicted molar refractivity (Wildman–Crippen MR) is 107 cm³/mol. The van der Waals surface area contributed by atoms with Crippen LogP contribution in [0.2, 0.25) is 0 Å². The van der Waals surface area contributed by atoms with Gasteiger partial charge in [0.1, 0.15) is 0 Å². The fourth-order valence-electron chi connectivity index (χ4n) is 2.94. The Bertz CT molecular complexity index is 772. The SMILES string of the molecule is CSC(CC(C)NC(=O)O)N(Cc1cccc(C(F)(F)F)c1)c1ccccc1. The zero-order valence-corrected chi connectivity index (χ0v) is 16.4. The molecule has 0 radical (unpaired) electrons. The van der Waals surface area contributed by atoms with Crippen LogP contribution in [0.1, 0.15) is 24.5 Å². The number of amides is 1. The Morgan fingerprint density at radius 2 is 1.86 bits per heavy atom. The van der Waals surface area contributed by atoms with E-state index in [-0.39, 0.29) is 18.0 Å². The van der Waals surface area contributed by atoms with Gasteiger partial charge in [0.2, 0.25) is 0 Å². The number of hydrogen-bond donors (Lipinski definition) is 2.